The van der Waals surface area contributed by atoms with Gasteiger partial charge in [0.1, 0.15) is 11.5 Å². The van der Waals surface area contributed by atoms with Crippen molar-refractivity contribution in [2.24, 2.45) is 5.73 Å². The minimum atomic E-state index is -2.90. The number of rotatable bonds is 2. The Bertz CT molecular complexity index is 527. The van der Waals surface area contributed by atoms with Crippen LogP contribution in [0.1, 0.15) is 5.69 Å². The molecule has 1 fully saturated rings. The van der Waals surface area contributed by atoms with Crippen molar-refractivity contribution in [2.45, 2.75) is 0 Å². The minimum absolute atomic E-state index is 0.103. The Morgan fingerprint density at radius 1 is 1.41 bits per heavy atom. The number of nitrogens with two attached hydrogens (primary N) is 1. The first-order valence-electron chi connectivity index (χ1n) is 5.24. The van der Waals surface area contributed by atoms with Crippen LogP contribution in [0.3, 0.4) is 0 Å². The van der Waals surface area contributed by atoms with Gasteiger partial charge < -0.3 is 10.6 Å². The van der Waals surface area contributed by atoms with Crippen LogP contribution in [0.2, 0.25) is 0 Å². The van der Waals surface area contributed by atoms with Crippen molar-refractivity contribution in [3.63, 3.8) is 0 Å². The van der Waals surface area contributed by atoms with Crippen LogP contribution in [0.25, 0.3) is 0 Å². The average molecular weight is 254 g/mol. The van der Waals surface area contributed by atoms with E-state index in [2.05, 4.69) is 4.98 Å². The molecule has 2 rings (SSSR count). The second kappa shape index (κ2) is 4.33. The summed E-state index contributed by atoms with van der Waals surface area (Å²) in [4.78, 5) is 5.96. The Balaban J connectivity index is 2.27. The van der Waals surface area contributed by atoms with Gasteiger partial charge in [0, 0.05) is 19.3 Å². The molecule has 1 aromatic rings. The molecule has 1 aromatic heterocycles. The lowest BCUT2D eigenvalue weighted by molar-refractivity contribution is 0.586. The fraction of sp³-hybridized carbons (Fsp3) is 0.400. The molecule has 1 aliphatic rings. The van der Waals surface area contributed by atoms with Gasteiger partial charge in [-0.05, 0) is 12.1 Å². The number of sulfone groups is 1. The molecule has 1 aliphatic heterocycles. The van der Waals surface area contributed by atoms with E-state index >= 15 is 0 Å². The highest BCUT2D eigenvalue weighted by atomic mass is 32.2. The molecule has 3 N–H and O–H groups in total. The summed E-state index contributed by atoms with van der Waals surface area (Å²) in [5.41, 5.74) is 6.59. The summed E-state index contributed by atoms with van der Waals surface area (Å²) in [5.74, 6) is 0.174. The minimum Gasteiger partial charge on any atom is -0.382 e. The standard InChI is InChI=1S/C10H14N4O2S/c11-10(12)9-8(2-1-3-13-9)14-4-6-17(15,16)7-5-14/h1-3H,4-7H2,(H3,11,12). The van der Waals surface area contributed by atoms with Gasteiger partial charge in [0.25, 0.3) is 0 Å². The van der Waals surface area contributed by atoms with Crippen LogP contribution in [0.4, 0.5) is 5.69 Å². The molecule has 1 saturated heterocycles. The van der Waals surface area contributed by atoms with Gasteiger partial charge in [0.05, 0.1) is 17.2 Å². The van der Waals surface area contributed by atoms with E-state index < -0.39 is 9.84 Å². The van der Waals surface area contributed by atoms with E-state index in [4.69, 9.17) is 11.1 Å². The van der Waals surface area contributed by atoms with E-state index in [1.807, 2.05) is 11.0 Å². The monoisotopic (exact) mass is 254 g/mol. The van der Waals surface area contributed by atoms with Gasteiger partial charge in [-0.15, -0.1) is 0 Å². The maximum atomic E-state index is 11.3. The summed E-state index contributed by atoms with van der Waals surface area (Å²) < 4.78 is 22.7. The molecule has 92 valence electrons. The van der Waals surface area contributed by atoms with Crippen LogP contribution in [0, 0.1) is 5.41 Å². The molecule has 0 radical (unpaired) electrons. The fourth-order valence-electron chi connectivity index (χ4n) is 1.81. The SMILES string of the molecule is N=C(N)c1ncccc1N1CCS(=O)(=O)CC1. The van der Waals surface area contributed by atoms with Gasteiger partial charge in [0.15, 0.2) is 9.84 Å². The van der Waals surface area contributed by atoms with Gasteiger partial charge in [0.2, 0.25) is 0 Å². The van der Waals surface area contributed by atoms with Crippen LogP contribution in [0.15, 0.2) is 18.3 Å². The van der Waals surface area contributed by atoms with Gasteiger partial charge >= 0.3 is 0 Å². The largest absolute Gasteiger partial charge is 0.382 e. The van der Waals surface area contributed by atoms with Gasteiger partial charge in [-0.3, -0.25) is 10.4 Å². The van der Waals surface area contributed by atoms with Crippen LogP contribution in [0.5, 0.6) is 0 Å². The van der Waals surface area contributed by atoms with Crippen molar-refractivity contribution in [1.82, 2.24) is 4.98 Å². The lowest BCUT2D eigenvalue weighted by atomic mass is 10.2. The van der Waals surface area contributed by atoms with Gasteiger partial charge in [-0.25, -0.2) is 8.42 Å². The van der Waals surface area contributed by atoms with Crippen LogP contribution in [-0.4, -0.2) is 43.8 Å². The molecule has 0 aliphatic carbocycles. The van der Waals surface area contributed by atoms with Crippen molar-refractivity contribution < 1.29 is 8.42 Å². The number of nitrogens with one attached hydrogen (secondary N) is 1. The highest BCUT2D eigenvalue weighted by Crippen LogP contribution is 2.20. The van der Waals surface area contributed by atoms with Crippen molar-refractivity contribution >= 4 is 21.4 Å². The summed E-state index contributed by atoms with van der Waals surface area (Å²) in [6, 6.07) is 3.56. The summed E-state index contributed by atoms with van der Waals surface area (Å²) in [6.45, 7) is 0.850. The molecule has 0 aromatic carbocycles. The third kappa shape index (κ3) is 2.55. The topological polar surface area (TPSA) is 100 Å². The summed E-state index contributed by atoms with van der Waals surface area (Å²) in [5, 5.41) is 7.44. The second-order valence-corrected chi connectivity index (χ2v) is 6.23. The first-order chi connectivity index (χ1) is 7.99. The predicted molar refractivity (Wildman–Crippen MR) is 66.1 cm³/mol. The molecule has 0 spiro atoms. The van der Waals surface area contributed by atoms with Crippen molar-refractivity contribution in [2.75, 3.05) is 29.5 Å². The molecule has 2 heterocycles. The zero-order valence-corrected chi connectivity index (χ0v) is 10.1. The third-order valence-electron chi connectivity index (χ3n) is 2.73. The molecule has 6 nitrogen and oxygen atoms in total. The van der Waals surface area contributed by atoms with E-state index in [-0.39, 0.29) is 17.3 Å². The smallest absolute Gasteiger partial charge is 0.153 e. The third-order valence-corrected chi connectivity index (χ3v) is 4.34. The Kier molecular flexibility index (Phi) is 3.01. The number of aromatic nitrogens is 1. The average Bonchev–Trinajstić information content (AvgIpc) is 2.29. The Hall–Kier alpha value is -1.63. The normalized spacial score (nSPS) is 18.9. The molecule has 17 heavy (non-hydrogen) atoms. The Morgan fingerprint density at radius 3 is 2.65 bits per heavy atom. The lowest BCUT2D eigenvalue weighted by Crippen LogP contribution is -2.41. The fourth-order valence-corrected chi connectivity index (χ4v) is 3.01. The molecular formula is C10H14N4O2S. The first kappa shape index (κ1) is 11.8. The number of nitrogen functional groups attached to an aromatic ring is 1. The number of amidine groups is 1. The van der Waals surface area contributed by atoms with E-state index in [9.17, 15) is 8.42 Å². The zero-order valence-electron chi connectivity index (χ0n) is 9.26. The Labute approximate surface area is 99.9 Å². The molecule has 0 bridgehead atoms. The van der Waals surface area contributed by atoms with E-state index in [1.165, 1.54) is 0 Å². The van der Waals surface area contributed by atoms with Crippen LogP contribution in [-0.2, 0) is 9.84 Å². The number of pyridine rings is 1. The molecule has 0 saturated carbocycles. The molecule has 0 unspecified atom stereocenters. The highest BCUT2D eigenvalue weighted by Gasteiger charge is 2.23. The number of anilines is 1. The van der Waals surface area contributed by atoms with Crippen molar-refractivity contribution in [3.8, 4) is 0 Å². The highest BCUT2D eigenvalue weighted by molar-refractivity contribution is 7.91. The van der Waals surface area contributed by atoms with Crippen LogP contribution >= 0.6 is 0 Å². The second-order valence-electron chi connectivity index (χ2n) is 3.92. The number of nitrogens with zero attached hydrogens (tertiary/aromatic N) is 2. The van der Waals surface area contributed by atoms with Gasteiger partial charge in [-0.1, -0.05) is 0 Å². The lowest BCUT2D eigenvalue weighted by Gasteiger charge is -2.29. The zero-order chi connectivity index (χ0) is 12.5. The Morgan fingerprint density at radius 2 is 2.06 bits per heavy atom. The van der Waals surface area contributed by atoms with Crippen LogP contribution < -0.4 is 10.6 Å². The molecule has 7 heteroatoms. The predicted octanol–water partition coefficient (Wildman–Crippen LogP) is -0.400. The van der Waals surface area contributed by atoms with E-state index in [0.717, 1.165) is 5.69 Å². The van der Waals surface area contributed by atoms with Crippen molar-refractivity contribution in [1.29, 1.82) is 5.41 Å². The van der Waals surface area contributed by atoms with E-state index in [1.54, 1.807) is 12.3 Å². The summed E-state index contributed by atoms with van der Waals surface area (Å²) >= 11 is 0. The van der Waals surface area contributed by atoms with E-state index in [0.29, 0.717) is 18.8 Å². The van der Waals surface area contributed by atoms with Gasteiger partial charge in [-0.2, -0.15) is 0 Å². The summed E-state index contributed by atoms with van der Waals surface area (Å²) in [6.07, 6.45) is 1.57. The summed E-state index contributed by atoms with van der Waals surface area (Å²) in [7, 11) is -2.90. The molecular weight excluding hydrogens is 240 g/mol. The molecule has 0 atom stereocenters. The van der Waals surface area contributed by atoms with Crippen molar-refractivity contribution in [3.05, 3.63) is 24.0 Å². The molecule has 0 amide bonds. The first-order valence-corrected chi connectivity index (χ1v) is 7.06. The maximum absolute atomic E-state index is 11.3. The number of hydrogen-bond donors (Lipinski definition) is 2. The number of hydrogen-bond acceptors (Lipinski definition) is 5. The maximum Gasteiger partial charge on any atom is 0.153 e. The quantitative estimate of drug-likeness (QED) is 0.552.